The zero-order valence-electron chi connectivity index (χ0n) is 11.4. The van der Waals surface area contributed by atoms with Crippen LogP contribution in [-0.2, 0) is 4.74 Å². The third kappa shape index (κ3) is 7.52. The van der Waals surface area contributed by atoms with Crippen LogP contribution in [0.1, 0.15) is 38.5 Å². The van der Waals surface area contributed by atoms with Crippen molar-refractivity contribution in [3.8, 4) is 23.7 Å². The molecule has 0 saturated carbocycles. The number of aliphatic hydroxyl groups excluding tert-OH is 1. The fourth-order valence-electron chi connectivity index (χ4n) is 1.79. The van der Waals surface area contributed by atoms with E-state index in [1.165, 1.54) is 25.3 Å². The lowest BCUT2D eigenvalue weighted by molar-refractivity contribution is 0.281. The number of ether oxygens (including phenoxy) is 1. The van der Waals surface area contributed by atoms with Crippen molar-refractivity contribution in [3.05, 3.63) is 25.3 Å². The summed E-state index contributed by atoms with van der Waals surface area (Å²) in [7, 11) is 0. The van der Waals surface area contributed by atoms with E-state index in [0.29, 0.717) is 6.10 Å². The van der Waals surface area contributed by atoms with E-state index in [1.807, 2.05) is 6.08 Å². The van der Waals surface area contributed by atoms with Crippen LogP contribution >= 0.6 is 0 Å². The lowest BCUT2D eigenvalue weighted by Gasteiger charge is -1.95. The minimum Gasteiger partial charge on any atom is -0.377 e. The molecule has 1 rings (SSSR count). The summed E-state index contributed by atoms with van der Waals surface area (Å²) < 4.78 is 5.54. The molecule has 0 bridgehead atoms. The standard InChI is InChI=1S/C17H22O2/c1-3-5-6-7-10-13-16-17(19-16)14-11-8-9-12-15(18)4-2/h3-4,15-18H,1-2,5-7,10,13-14H2. The fourth-order valence-corrected chi connectivity index (χ4v) is 1.79. The highest BCUT2D eigenvalue weighted by molar-refractivity contribution is 5.29. The van der Waals surface area contributed by atoms with E-state index in [4.69, 9.17) is 9.84 Å². The van der Waals surface area contributed by atoms with Gasteiger partial charge in [-0.05, 0) is 31.1 Å². The number of unbranched alkanes of at least 4 members (excludes halogenated alkanes) is 3. The van der Waals surface area contributed by atoms with Gasteiger partial charge in [0.15, 0.2) is 0 Å². The van der Waals surface area contributed by atoms with Crippen molar-refractivity contribution in [1.29, 1.82) is 0 Å². The van der Waals surface area contributed by atoms with Crippen molar-refractivity contribution in [2.24, 2.45) is 0 Å². The minimum absolute atomic E-state index is 0.290. The molecule has 1 aliphatic heterocycles. The molecular formula is C17H22O2. The molecule has 0 radical (unpaired) electrons. The Bertz CT molecular complexity index is 402. The van der Waals surface area contributed by atoms with Gasteiger partial charge in [-0.2, -0.15) is 0 Å². The Morgan fingerprint density at radius 1 is 1.16 bits per heavy atom. The van der Waals surface area contributed by atoms with E-state index in [9.17, 15) is 0 Å². The normalized spacial score (nSPS) is 21.3. The van der Waals surface area contributed by atoms with Crippen molar-refractivity contribution in [3.63, 3.8) is 0 Å². The molecule has 0 spiro atoms. The van der Waals surface area contributed by atoms with Crippen LogP contribution in [0.3, 0.4) is 0 Å². The van der Waals surface area contributed by atoms with E-state index in [2.05, 4.69) is 36.8 Å². The molecule has 0 aliphatic carbocycles. The Kier molecular flexibility index (Phi) is 7.75. The zero-order valence-corrected chi connectivity index (χ0v) is 11.4. The topological polar surface area (TPSA) is 32.8 Å². The second-order valence-electron chi connectivity index (χ2n) is 4.60. The van der Waals surface area contributed by atoms with Crippen molar-refractivity contribution in [2.75, 3.05) is 0 Å². The highest BCUT2D eigenvalue weighted by atomic mass is 16.6. The monoisotopic (exact) mass is 258 g/mol. The average molecular weight is 258 g/mol. The predicted molar refractivity (Wildman–Crippen MR) is 78.3 cm³/mol. The number of hydrogen-bond acceptors (Lipinski definition) is 2. The lowest BCUT2D eigenvalue weighted by atomic mass is 10.1. The van der Waals surface area contributed by atoms with Gasteiger partial charge in [0.25, 0.3) is 0 Å². The van der Waals surface area contributed by atoms with Crippen molar-refractivity contribution >= 4 is 0 Å². The summed E-state index contributed by atoms with van der Waals surface area (Å²) in [6.07, 6.45) is 9.90. The Balaban J connectivity index is 2.04. The Labute approximate surface area is 116 Å². The lowest BCUT2D eigenvalue weighted by Crippen LogP contribution is -1.94. The summed E-state index contributed by atoms with van der Waals surface area (Å²) in [5.41, 5.74) is 0. The maximum atomic E-state index is 9.09. The number of rotatable bonds is 8. The van der Waals surface area contributed by atoms with Crippen LogP contribution in [0.15, 0.2) is 25.3 Å². The van der Waals surface area contributed by atoms with Crippen LogP contribution in [0.25, 0.3) is 0 Å². The largest absolute Gasteiger partial charge is 0.377 e. The van der Waals surface area contributed by atoms with Gasteiger partial charge in [-0.3, -0.25) is 0 Å². The minimum atomic E-state index is -0.783. The molecule has 1 fully saturated rings. The summed E-state index contributed by atoms with van der Waals surface area (Å²) in [5.74, 6) is 10.8. The van der Waals surface area contributed by atoms with E-state index in [1.54, 1.807) is 0 Å². The maximum absolute atomic E-state index is 9.09. The van der Waals surface area contributed by atoms with E-state index >= 15 is 0 Å². The highest BCUT2D eigenvalue weighted by Gasteiger charge is 2.36. The zero-order chi connectivity index (χ0) is 13.9. The molecule has 19 heavy (non-hydrogen) atoms. The summed E-state index contributed by atoms with van der Waals surface area (Å²) in [4.78, 5) is 0. The Morgan fingerprint density at radius 2 is 2.00 bits per heavy atom. The van der Waals surface area contributed by atoms with Crippen LogP contribution < -0.4 is 0 Å². The third-order valence-corrected chi connectivity index (χ3v) is 2.98. The van der Waals surface area contributed by atoms with Crippen molar-refractivity contribution in [1.82, 2.24) is 0 Å². The van der Waals surface area contributed by atoms with Gasteiger partial charge in [0.2, 0.25) is 0 Å². The predicted octanol–water partition coefficient (Wildman–Crippen LogP) is 2.83. The number of allylic oxidation sites excluding steroid dienone is 1. The number of aliphatic hydroxyl groups is 1. The third-order valence-electron chi connectivity index (χ3n) is 2.98. The molecule has 1 N–H and O–H groups in total. The van der Waals surface area contributed by atoms with E-state index < -0.39 is 6.10 Å². The molecular weight excluding hydrogens is 236 g/mol. The quantitative estimate of drug-likeness (QED) is 0.314. The molecule has 3 unspecified atom stereocenters. The molecule has 2 heteroatoms. The summed E-state index contributed by atoms with van der Waals surface area (Å²) in [6.45, 7) is 7.14. The van der Waals surface area contributed by atoms with Crippen molar-refractivity contribution in [2.45, 2.75) is 56.8 Å². The molecule has 1 heterocycles. The van der Waals surface area contributed by atoms with Gasteiger partial charge < -0.3 is 9.84 Å². The van der Waals surface area contributed by atoms with Crippen LogP contribution in [0.4, 0.5) is 0 Å². The fraction of sp³-hybridized carbons (Fsp3) is 0.529. The smallest absolute Gasteiger partial charge is 0.134 e. The second-order valence-corrected chi connectivity index (χ2v) is 4.60. The first kappa shape index (κ1) is 15.6. The first-order chi connectivity index (χ1) is 9.27. The molecule has 102 valence electrons. The summed E-state index contributed by atoms with van der Waals surface area (Å²) in [5, 5.41) is 9.09. The van der Waals surface area contributed by atoms with E-state index in [-0.39, 0.29) is 6.10 Å². The van der Waals surface area contributed by atoms with Crippen LogP contribution in [0.5, 0.6) is 0 Å². The second kappa shape index (κ2) is 9.45. The van der Waals surface area contributed by atoms with Gasteiger partial charge in [0, 0.05) is 6.42 Å². The summed E-state index contributed by atoms with van der Waals surface area (Å²) in [6, 6.07) is 0. The molecule has 0 amide bonds. The molecule has 0 aromatic rings. The van der Waals surface area contributed by atoms with Crippen molar-refractivity contribution < 1.29 is 9.84 Å². The molecule has 1 saturated heterocycles. The molecule has 1 aliphatic rings. The van der Waals surface area contributed by atoms with Crippen LogP contribution in [-0.4, -0.2) is 23.4 Å². The highest BCUT2D eigenvalue weighted by Crippen LogP contribution is 2.29. The van der Waals surface area contributed by atoms with Gasteiger partial charge in [0.05, 0.1) is 12.2 Å². The molecule has 0 aromatic heterocycles. The van der Waals surface area contributed by atoms with E-state index in [0.717, 1.165) is 19.3 Å². The van der Waals surface area contributed by atoms with Gasteiger partial charge in [-0.25, -0.2) is 0 Å². The van der Waals surface area contributed by atoms with Gasteiger partial charge in [0.1, 0.15) is 6.10 Å². The Morgan fingerprint density at radius 3 is 2.74 bits per heavy atom. The van der Waals surface area contributed by atoms with Gasteiger partial charge >= 0.3 is 0 Å². The van der Waals surface area contributed by atoms with Crippen LogP contribution in [0.2, 0.25) is 0 Å². The number of hydrogen-bond donors (Lipinski definition) is 1. The molecule has 0 aromatic carbocycles. The first-order valence-electron chi connectivity index (χ1n) is 6.83. The maximum Gasteiger partial charge on any atom is 0.134 e. The average Bonchev–Trinajstić information content (AvgIpc) is 3.16. The van der Waals surface area contributed by atoms with Gasteiger partial charge in [-0.15, -0.1) is 6.58 Å². The first-order valence-corrected chi connectivity index (χ1v) is 6.83. The Hall–Kier alpha value is -1.48. The van der Waals surface area contributed by atoms with Crippen LogP contribution in [0, 0.1) is 23.7 Å². The van der Waals surface area contributed by atoms with Gasteiger partial charge in [-0.1, -0.05) is 43.4 Å². The SMILES string of the molecule is C=CCCCCCC1OC1CC#CC#CC(O)C=C. The summed E-state index contributed by atoms with van der Waals surface area (Å²) >= 11 is 0. The molecule has 2 nitrogen and oxygen atoms in total. The molecule has 3 atom stereocenters. The number of epoxide rings is 1.